The molecule has 0 saturated heterocycles. The number of rotatable bonds is 0. The summed E-state index contributed by atoms with van der Waals surface area (Å²) in [6, 6.07) is 0. The van der Waals surface area contributed by atoms with Gasteiger partial charge in [-0.3, -0.25) is 0 Å². The van der Waals surface area contributed by atoms with Crippen molar-refractivity contribution in [2.75, 3.05) is 0 Å². The van der Waals surface area contributed by atoms with Crippen LogP contribution in [0.2, 0.25) is 0 Å². The fraction of sp³-hybridized carbons (Fsp3) is 0. The van der Waals surface area contributed by atoms with Crippen molar-refractivity contribution in [3.63, 3.8) is 0 Å². The van der Waals surface area contributed by atoms with Gasteiger partial charge in [0.1, 0.15) is 0 Å². The Kier molecular flexibility index (Phi) is 24.4. The number of hydrogen-bond acceptors (Lipinski definition) is 3. The van der Waals surface area contributed by atoms with E-state index in [1.165, 1.54) is 0 Å². The van der Waals surface area contributed by atoms with Crippen molar-refractivity contribution in [3.8, 4) is 0 Å². The minimum absolute atomic E-state index is 0. The summed E-state index contributed by atoms with van der Waals surface area (Å²) in [5.41, 5.74) is 0. The molecule has 0 fully saturated rings. The minimum atomic E-state index is -1.75. The van der Waals surface area contributed by atoms with Crippen LogP contribution in [0.3, 0.4) is 0 Å². The van der Waals surface area contributed by atoms with E-state index in [0.29, 0.717) is 0 Å². The molecule has 4 nitrogen and oxygen atoms in total. The van der Waals surface area contributed by atoms with Gasteiger partial charge in [-0.15, -0.1) is 0 Å². The molecule has 0 aliphatic heterocycles. The number of nitrogens with zero attached hydrogens (tertiary/aromatic N) is 1. The van der Waals surface area contributed by atoms with Gasteiger partial charge >= 0.3 is 18.9 Å². The maximum Gasteiger partial charge on any atom is 1.00 e. The van der Waals surface area contributed by atoms with E-state index in [1.807, 2.05) is 0 Å². The third-order valence-corrected chi connectivity index (χ3v) is 0. The van der Waals surface area contributed by atoms with Crippen LogP contribution in [0.5, 0.6) is 0 Å². The van der Waals surface area contributed by atoms with Crippen LogP contribution in [-0.2, 0) is 17.1 Å². The van der Waals surface area contributed by atoms with Gasteiger partial charge < -0.3 is 15.3 Å². The second-order valence-corrected chi connectivity index (χ2v) is 0.224. The molecule has 0 bridgehead atoms. The van der Waals surface area contributed by atoms with Gasteiger partial charge in [0.15, 0.2) is 0 Å². The van der Waals surface area contributed by atoms with Crippen LogP contribution >= 0.6 is 0 Å². The Labute approximate surface area is 56.7 Å². The third-order valence-electron chi connectivity index (χ3n) is 0. The first-order valence-electron chi connectivity index (χ1n) is 0.548. The molecule has 1 radical (unpaired) electrons. The molecule has 0 aromatic rings. The molecule has 0 amide bonds. The van der Waals surface area contributed by atoms with Crippen LogP contribution in [0.4, 0.5) is 0 Å². The summed E-state index contributed by atoms with van der Waals surface area (Å²) in [6.45, 7) is 0. The van der Waals surface area contributed by atoms with Gasteiger partial charge in [-0.05, 0) is 0 Å². The monoisotopic (exact) mass is 132 g/mol. The Hall–Kier alpha value is 0.317. The predicted molar refractivity (Wildman–Crippen MR) is 10.4 cm³/mol. The van der Waals surface area contributed by atoms with Crippen molar-refractivity contribution < 1.29 is 41.0 Å². The van der Waals surface area contributed by atoms with E-state index in [4.69, 9.17) is 15.3 Å². The average molecular weight is 132 g/mol. The largest absolute Gasteiger partial charge is 1.00 e. The Morgan fingerprint density at radius 2 is 1.33 bits per heavy atom. The molecule has 6 heavy (non-hydrogen) atoms. The van der Waals surface area contributed by atoms with Crippen LogP contribution in [-0.4, -0.2) is 5.09 Å². The van der Waals surface area contributed by atoms with E-state index in [0.717, 1.165) is 0 Å². The van der Waals surface area contributed by atoms with Gasteiger partial charge in [-0.2, -0.15) is 0 Å². The second-order valence-electron chi connectivity index (χ2n) is 0.224. The molecule has 0 unspecified atom stereocenters. The summed E-state index contributed by atoms with van der Waals surface area (Å²) in [6.07, 6.45) is 0. The fourth-order valence-corrected chi connectivity index (χ4v) is 0. The SMILES string of the molecule is O=[N+]([O-])[O-].[Cu].[Li+]. The van der Waals surface area contributed by atoms with Crippen molar-refractivity contribution in [2.45, 2.75) is 0 Å². The van der Waals surface area contributed by atoms with Gasteiger partial charge in [-0.1, -0.05) is 0 Å². The van der Waals surface area contributed by atoms with Gasteiger partial charge in [0, 0.05) is 17.1 Å². The third kappa shape index (κ3) is 473. The minimum Gasteiger partial charge on any atom is -0.356 e. The summed E-state index contributed by atoms with van der Waals surface area (Å²) in [4.78, 5) is 8.25. The molecule has 0 aliphatic carbocycles. The first-order chi connectivity index (χ1) is 1.73. The molecule has 0 aliphatic rings. The van der Waals surface area contributed by atoms with E-state index in [9.17, 15) is 0 Å². The van der Waals surface area contributed by atoms with E-state index in [1.54, 1.807) is 0 Å². The summed E-state index contributed by atoms with van der Waals surface area (Å²) in [5.74, 6) is 0. The smallest absolute Gasteiger partial charge is 0.356 e. The van der Waals surface area contributed by atoms with Crippen molar-refractivity contribution >= 4 is 0 Å². The first kappa shape index (κ1) is 16.2. The maximum absolute atomic E-state index is 8.25. The predicted octanol–water partition coefficient (Wildman–Crippen LogP) is -3.24. The van der Waals surface area contributed by atoms with Crippen molar-refractivity contribution in [1.82, 2.24) is 0 Å². The zero-order chi connectivity index (χ0) is 3.58. The molecule has 35 valence electrons. The topological polar surface area (TPSA) is 66.2 Å². The van der Waals surface area contributed by atoms with Crippen LogP contribution in [0.25, 0.3) is 0 Å². The van der Waals surface area contributed by atoms with Gasteiger partial charge in [0.25, 0.3) is 0 Å². The fourth-order valence-electron chi connectivity index (χ4n) is 0. The van der Waals surface area contributed by atoms with Crippen molar-refractivity contribution in [1.29, 1.82) is 0 Å². The van der Waals surface area contributed by atoms with Gasteiger partial charge in [0.2, 0.25) is 0 Å². The van der Waals surface area contributed by atoms with Crippen LogP contribution < -0.4 is 18.9 Å². The summed E-state index contributed by atoms with van der Waals surface area (Å²) >= 11 is 0. The Morgan fingerprint density at radius 3 is 1.33 bits per heavy atom. The molecule has 0 rings (SSSR count). The molecule has 0 N–H and O–H groups in total. The molecule has 0 spiro atoms. The van der Waals surface area contributed by atoms with E-state index in [-0.39, 0.29) is 35.9 Å². The molecule has 6 heteroatoms. The average Bonchev–Trinajstić information content (AvgIpc) is 0.811. The summed E-state index contributed by atoms with van der Waals surface area (Å²) in [5, 5.41) is 14.8. The van der Waals surface area contributed by atoms with Crippen molar-refractivity contribution in [3.05, 3.63) is 15.3 Å². The maximum atomic E-state index is 8.25. The van der Waals surface area contributed by atoms with E-state index >= 15 is 0 Å². The summed E-state index contributed by atoms with van der Waals surface area (Å²) < 4.78 is 0. The number of hydrogen-bond donors (Lipinski definition) is 0. The van der Waals surface area contributed by atoms with Crippen molar-refractivity contribution in [2.24, 2.45) is 0 Å². The zero-order valence-electron chi connectivity index (χ0n) is 2.97. The molecular formula is CuLiNO3. The quantitative estimate of drug-likeness (QED) is 0.198. The molecule has 0 aromatic carbocycles. The van der Waals surface area contributed by atoms with Gasteiger partial charge in [0.05, 0.1) is 5.09 Å². The van der Waals surface area contributed by atoms with Crippen LogP contribution in [0.1, 0.15) is 0 Å². The molecule has 0 atom stereocenters. The Balaban J connectivity index is -0.0000000450. The molecular weight excluding hydrogens is 132 g/mol. The van der Waals surface area contributed by atoms with Crippen LogP contribution in [0.15, 0.2) is 0 Å². The molecule has 0 aromatic heterocycles. The second kappa shape index (κ2) is 9.01. The zero-order valence-corrected chi connectivity index (χ0v) is 3.92. The Bertz CT molecular complexity index is 33.8. The Morgan fingerprint density at radius 1 is 1.33 bits per heavy atom. The molecule has 0 heterocycles. The van der Waals surface area contributed by atoms with Gasteiger partial charge in [-0.25, -0.2) is 0 Å². The standard InChI is InChI=1S/Cu.Li.NO3/c;;2-1(3)4/q;+1;-1. The normalized spacial score (nSPS) is 4.00. The molecule has 0 saturated carbocycles. The first-order valence-corrected chi connectivity index (χ1v) is 0.548. The summed E-state index contributed by atoms with van der Waals surface area (Å²) in [7, 11) is 0. The van der Waals surface area contributed by atoms with E-state index < -0.39 is 5.09 Å². The van der Waals surface area contributed by atoms with E-state index in [2.05, 4.69) is 0 Å². The van der Waals surface area contributed by atoms with Crippen LogP contribution in [0, 0.1) is 15.3 Å².